The van der Waals surface area contributed by atoms with Crippen molar-refractivity contribution in [1.29, 1.82) is 0 Å². The first-order chi connectivity index (χ1) is 15.0. The molecule has 5 rings (SSSR count). The van der Waals surface area contributed by atoms with Gasteiger partial charge in [0.15, 0.2) is 5.76 Å². The van der Waals surface area contributed by atoms with Gasteiger partial charge in [-0.15, -0.1) is 0 Å². The monoisotopic (exact) mass is 418 g/mol. The van der Waals surface area contributed by atoms with Crippen molar-refractivity contribution in [1.82, 2.24) is 35.2 Å². The summed E-state index contributed by atoms with van der Waals surface area (Å²) < 4.78 is 5.32. The van der Waals surface area contributed by atoms with Crippen molar-refractivity contribution in [2.75, 3.05) is 18.9 Å². The molecule has 11 nitrogen and oxygen atoms in total. The number of carbonyl (C=O) groups is 1. The lowest BCUT2D eigenvalue weighted by molar-refractivity contribution is -0.144. The van der Waals surface area contributed by atoms with Gasteiger partial charge in [0.05, 0.1) is 29.0 Å². The van der Waals surface area contributed by atoms with Crippen LogP contribution in [0.4, 0.5) is 11.6 Å². The molecule has 11 heteroatoms. The van der Waals surface area contributed by atoms with Crippen LogP contribution in [0.3, 0.4) is 0 Å². The molecule has 0 radical (unpaired) electrons. The summed E-state index contributed by atoms with van der Waals surface area (Å²) in [7, 11) is 1.64. The van der Waals surface area contributed by atoms with Gasteiger partial charge in [-0.25, -0.2) is 15.0 Å². The van der Waals surface area contributed by atoms with Crippen LogP contribution in [0.15, 0.2) is 53.4 Å². The molecule has 1 amide bonds. The lowest BCUT2D eigenvalue weighted by Crippen LogP contribution is -2.35. The molecule has 1 aliphatic rings. The van der Waals surface area contributed by atoms with Gasteiger partial charge in [-0.1, -0.05) is 11.2 Å². The Labute approximate surface area is 176 Å². The second-order valence-electron chi connectivity index (χ2n) is 7.20. The number of nitrogens with one attached hydrogen (secondary N) is 2. The first-order valence-corrected chi connectivity index (χ1v) is 9.55. The maximum absolute atomic E-state index is 12.3. The Kier molecular flexibility index (Phi) is 4.44. The zero-order chi connectivity index (χ0) is 21.4. The van der Waals surface area contributed by atoms with Gasteiger partial charge >= 0.3 is 0 Å². The van der Waals surface area contributed by atoms with Crippen molar-refractivity contribution >= 4 is 17.5 Å². The fourth-order valence-electron chi connectivity index (χ4n) is 3.40. The molecule has 0 saturated carbocycles. The summed E-state index contributed by atoms with van der Waals surface area (Å²) >= 11 is 0. The normalized spacial score (nSPS) is 18.5. The first kappa shape index (κ1) is 18.9. The Balaban J connectivity index is 1.43. The molecule has 0 spiro atoms. The van der Waals surface area contributed by atoms with E-state index in [9.17, 15) is 9.90 Å². The summed E-state index contributed by atoms with van der Waals surface area (Å²) in [6, 6.07) is 8.70. The van der Waals surface area contributed by atoms with Gasteiger partial charge in [0.25, 0.3) is 5.91 Å². The third kappa shape index (κ3) is 3.40. The van der Waals surface area contributed by atoms with E-state index in [1.165, 1.54) is 4.90 Å². The van der Waals surface area contributed by atoms with Crippen LogP contribution in [-0.2, 0) is 10.4 Å². The Bertz CT molecular complexity index is 1240. The summed E-state index contributed by atoms with van der Waals surface area (Å²) in [4.78, 5) is 27.1. The Morgan fingerprint density at radius 1 is 1.19 bits per heavy atom. The average Bonchev–Trinajstić information content (AvgIpc) is 3.54. The molecule has 4 aromatic heterocycles. The quantitative estimate of drug-likeness (QED) is 0.441. The van der Waals surface area contributed by atoms with Crippen molar-refractivity contribution in [2.45, 2.75) is 12.0 Å². The number of pyridine rings is 1. The van der Waals surface area contributed by atoms with Gasteiger partial charge in [-0.3, -0.25) is 9.89 Å². The van der Waals surface area contributed by atoms with Gasteiger partial charge in [0.1, 0.15) is 5.69 Å². The number of anilines is 2. The highest BCUT2D eigenvalue weighted by atomic mass is 16.5. The van der Waals surface area contributed by atoms with E-state index in [1.54, 1.807) is 43.8 Å². The minimum Gasteiger partial charge on any atom is -0.373 e. The van der Waals surface area contributed by atoms with Crippen molar-refractivity contribution < 1.29 is 14.4 Å². The second kappa shape index (κ2) is 7.29. The van der Waals surface area contributed by atoms with E-state index in [4.69, 9.17) is 4.52 Å². The predicted molar refractivity (Wildman–Crippen MR) is 109 cm³/mol. The van der Waals surface area contributed by atoms with E-state index in [1.807, 2.05) is 12.1 Å². The van der Waals surface area contributed by atoms with Crippen LogP contribution in [0, 0.1) is 0 Å². The van der Waals surface area contributed by atoms with Gasteiger partial charge in [0.2, 0.25) is 11.5 Å². The first-order valence-electron chi connectivity index (χ1n) is 9.55. The molecule has 5 heterocycles. The average molecular weight is 418 g/mol. The number of carbonyl (C=O) groups excluding carboxylic acids is 1. The molecule has 0 unspecified atom stereocenters. The van der Waals surface area contributed by atoms with E-state index >= 15 is 0 Å². The fraction of sp³-hybridized carbons (Fsp3) is 0.200. The van der Waals surface area contributed by atoms with Crippen LogP contribution in [0.1, 0.15) is 12.2 Å². The third-order valence-electron chi connectivity index (χ3n) is 5.11. The third-order valence-corrected chi connectivity index (χ3v) is 5.11. The minimum absolute atomic E-state index is 0.109. The number of aromatic amines is 1. The van der Waals surface area contributed by atoms with Crippen LogP contribution < -0.4 is 5.32 Å². The van der Waals surface area contributed by atoms with Gasteiger partial charge in [-0.05, 0) is 18.2 Å². The molecular weight excluding hydrogens is 400 g/mol. The Hall–Kier alpha value is -4.12. The van der Waals surface area contributed by atoms with Crippen molar-refractivity contribution in [3.63, 3.8) is 0 Å². The molecule has 1 saturated heterocycles. The van der Waals surface area contributed by atoms with E-state index in [2.05, 4.69) is 35.6 Å². The molecule has 4 aromatic rings. The smallest absolute Gasteiger partial charge is 0.262 e. The lowest BCUT2D eigenvalue weighted by Gasteiger charge is -2.16. The van der Waals surface area contributed by atoms with E-state index in [0.29, 0.717) is 35.3 Å². The molecule has 31 heavy (non-hydrogen) atoms. The number of nitrogens with zero attached hydrogens (tertiary/aromatic N) is 6. The maximum atomic E-state index is 12.3. The van der Waals surface area contributed by atoms with E-state index in [0.717, 1.165) is 5.69 Å². The number of likely N-dealkylation sites (tertiary alicyclic amines) is 1. The highest BCUT2D eigenvalue weighted by Crippen LogP contribution is 2.34. The van der Waals surface area contributed by atoms with Crippen LogP contribution in [0.25, 0.3) is 22.8 Å². The molecular formula is C20H18N8O3. The number of amides is 1. The van der Waals surface area contributed by atoms with Crippen molar-refractivity contribution in [2.24, 2.45) is 0 Å². The maximum Gasteiger partial charge on any atom is 0.262 e. The highest BCUT2D eigenvalue weighted by molar-refractivity contribution is 5.87. The summed E-state index contributed by atoms with van der Waals surface area (Å²) in [5.41, 5.74) is 1.20. The molecule has 156 valence electrons. The number of likely N-dealkylation sites (N-methyl/N-ethyl adjacent to an activating group) is 1. The Morgan fingerprint density at radius 2 is 2.00 bits per heavy atom. The number of aromatic nitrogens is 6. The Morgan fingerprint density at radius 3 is 2.74 bits per heavy atom. The topological polar surface area (TPSA) is 146 Å². The molecule has 1 fully saturated rings. The number of aliphatic hydroxyl groups is 1. The number of H-pyrrole nitrogens is 1. The van der Waals surface area contributed by atoms with Gasteiger partial charge in [0, 0.05) is 38.5 Å². The molecule has 3 N–H and O–H groups in total. The number of hydrogen-bond donors (Lipinski definition) is 3. The fourth-order valence-corrected chi connectivity index (χ4v) is 3.40. The standard InChI is InChI=1S/C20H18N8O3/c1-28-8-6-20(30,18(28)29)17-9-16(27-31-17)14-4-2-3-13(25-14)15-5-7-21-19(26-15)24-12-10-22-23-11-12/h2-5,7,9-11,30H,6,8H2,1H3,(H,22,23)(H,21,24,26)/t20-/m1/s1. The molecule has 0 bridgehead atoms. The van der Waals surface area contributed by atoms with Crippen LogP contribution in [0.2, 0.25) is 0 Å². The molecule has 0 aliphatic carbocycles. The zero-order valence-electron chi connectivity index (χ0n) is 16.5. The minimum atomic E-state index is -1.70. The van der Waals surface area contributed by atoms with E-state index in [-0.39, 0.29) is 12.2 Å². The van der Waals surface area contributed by atoms with E-state index < -0.39 is 11.5 Å². The van der Waals surface area contributed by atoms with Crippen molar-refractivity contribution in [3.8, 4) is 22.8 Å². The predicted octanol–water partition coefficient (Wildman–Crippen LogP) is 1.71. The summed E-state index contributed by atoms with van der Waals surface area (Å²) in [6.45, 7) is 0.446. The molecule has 1 atom stereocenters. The largest absolute Gasteiger partial charge is 0.373 e. The SMILES string of the molecule is CN1CC[C@@](O)(c2cc(-c3cccc(-c4ccnc(Nc5cn[nH]c5)n4)n3)no2)C1=O. The summed E-state index contributed by atoms with van der Waals surface area (Å²) in [6.07, 6.45) is 5.19. The molecule has 1 aliphatic heterocycles. The van der Waals surface area contributed by atoms with Gasteiger partial charge < -0.3 is 19.8 Å². The van der Waals surface area contributed by atoms with Gasteiger partial charge in [-0.2, -0.15) is 5.10 Å². The number of rotatable bonds is 5. The number of hydrogen-bond acceptors (Lipinski definition) is 9. The second-order valence-corrected chi connectivity index (χ2v) is 7.20. The lowest BCUT2D eigenvalue weighted by atomic mass is 9.98. The van der Waals surface area contributed by atoms with Crippen LogP contribution in [0.5, 0.6) is 0 Å². The highest BCUT2D eigenvalue weighted by Gasteiger charge is 2.48. The summed E-state index contributed by atoms with van der Waals surface area (Å²) in [5.74, 6) is 0.106. The molecule has 0 aromatic carbocycles. The van der Waals surface area contributed by atoms with Crippen molar-refractivity contribution in [3.05, 3.63) is 54.7 Å². The van der Waals surface area contributed by atoms with Crippen LogP contribution >= 0.6 is 0 Å². The zero-order valence-corrected chi connectivity index (χ0v) is 16.5. The van der Waals surface area contributed by atoms with Crippen LogP contribution in [-0.4, -0.2) is 59.8 Å². The summed E-state index contributed by atoms with van der Waals surface area (Å²) in [5, 5.41) is 24.4.